The Hall–Kier alpha value is 0.114. The third-order valence-corrected chi connectivity index (χ3v) is 6.05. The van der Waals surface area contributed by atoms with E-state index in [0.717, 1.165) is 19.3 Å². The van der Waals surface area contributed by atoms with E-state index in [2.05, 4.69) is 26.8 Å². The van der Waals surface area contributed by atoms with Gasteiger partial charge in [0.1, 0.15) is 0 Å². The van der Waals surface area contributed by atoms with E-state index >= 15 is 0 Å². The van der Waals surface area contributed by atoms with Crippen LogP contribution < -0.4 is 28.6 Å². The van der Waals surface area contributed by atoms with Gasteiger partial charge in [0.25, 0.3) is 0 Å². The summed E-state index contributed by atoms with van der Waals surface area (Å²) in [6.45, 7) is 0. The summed E-state index contributed by atoms with van der Waals surface area (Å²) in [4.78, 5) is 16.2. The molecule has 1 N–H and O–H groups in total. The molecule has 2 nitrogen and oxygen atoms in total. The molecule has 0 aromatic heterocycles. The van der Waals surface area contributed by atoms with Crippen molar-refractivity contribution in [2.24, 2.45) is 5.92 Å². The molecule has 0 saturated heterocycles. The fourth-order valence-electron chi connectivity index (χ4n) is 2.37. The van der Waals surface area contributed by atoms with Gasteiger partial charge < -0.3 is 24.8 Å². The van der Waals surface area contributed by atoms with Crippen molar-refractivity contribution < 1.29 is 47.3 Å². The summed E-state index contributed by atoms with van der Waals surface area (Å²) in [7, 11) is 0. The molecule has 0 radical (unpaired) electrons. The molecule has 0 bridgehead atoms. The van der Waals surface area contributed by atoms with E-state index in [0.29, 0.717) is 0 Å². The predicted octanol–water partition coefficient (Wildman–Crippen LogP) is -3.50. The molecule has 0 spiro atoms. The van der Waals surface area contributed by atoms with E-state index < -0.39 is 17.7 Å². The van der Waals surface area contributed by atoms with Crippen molar-refractivity contribution in [1.82, 2.24) is 3.80 Å². The van der Waals surface area contributed by atoms with Crippen molar-refractivity contribution in [3.8, 4) is 0 Å². The molecule has 1 saturated carbocycles. The molecule has 1 fully saturated rings. The van der Waals surface area contributed by atoms with Gasteiger partial charge in [-0.25, -0.2) is 0 Å². The standard InChI is InChI=1S/C7H13NO.C5H5.CH2.2ClH.Ti/c8-7(9)6-4-2-1-3-5-6;1-2-4-5-3-1;;;;/h6H,1-5H2,(H2,8,9);1-3H,4H2;1H2;2*1H;/q;;;;;+3/p-3. The minimum Gasteiger partial charge on any atom is -1.00 e. The van der Waals surface area contributed by atoms with Crippen LogP contribution in [0.4, 0.5) is 0 Å². The second-order valence-electron chi connectivity index (χ2n) is 4.63. The summed E-state index contributed by atoms with van der Waals surface area (Å²) < 4.78 is 4.58. The van der Waals surface area contributed by atoms with Gasteiger partial charge in [-0.05, 0) is 0 Å². The Kier molecular flexibility index (Phi) is 9.15. The van der Waals surface area contributed by atoms with E-state index in [1.807, 2.05) is 0 Å². The Morgan fingerprint density at radius 3 is 2.50 bits per heavy atom. The number of carbonyl (C=O) groups excluding carboxylic acids is 1. The van der Waals surface area contributed by atoms with Crippen LogP contribution in [0, 0.1) is 5.92 Å². The first-order valence-electron chi connectivity index (χ1n) is 6.13. The number of allylic oxidation sites excluding steroid dienone is 4. The second kappa shape index (κ2) is 9.09. The molecule has 0 aromatic rings. The van der Waals surface area contributed by atoms with Crippen LogP contribution >= 0.6 is 0 Å². The Bertz CT molecular complexity index is 360. The molecule has 2 rings (SSSR count). The largest absolute Gasteiger partial charge is 1.00 e. The third kappa shape index (κ3) is 5.01. The molecular weight excluding hydrogens is 305 g/mol. The Balaban J connectivity index is 0.00000144. The maximum Gasteiger partial charge on any atom is -1.00 e. The zero-order valence-electron chi connectivity index (χ0n) is 10.4. The first-order chi connectivity index (χ1) is 7.77. The van der Waals surface area contributed by atoms with Gasteiger partial charge in [0.15, 0.2) is 0 Å². The number of hydrogen-bond acceptors (Lipinski definition) is 1. The molecule has 0 unspecified atom stereocenters. The van der Waals surface area contributed by atoms with Crippen LogP contribution in [-0.4, -0.2) is 10.7 Å². The first-order valence-corrected chi connectivity index (χ1v) is 8.80. The average Bonchev–Trinajstić information content (AvgIpc) is 2.83. The Labute approximate surface area is 128 Å². The molecule has 100 valence electrons. The molecule has 2 aliphatic rings. The molecule has 2 aliphatic carbocycles. The van der Waals surface area contributed by atoms with Gasteiger partial charge in [-0.15, -0.1) is 0 Å². The summed E-state index contributed by atoms with van der Waals surface area (Å²) >= 11 is -1.71. The van der Waals surface area contributed by atoms with Crippen LogP contribution in [0.5, 0.6) is 0 Å². The number of rotatable bonds is 3. The quantitative estimate of drug-likeness (QED) is 0.537. The normalized spacial score (nSPS) is 17.8. The SMILES string of the molecule is [CH2]=[Ti+2]([NH]C(=O)C1CCCCC1)[C]1=CC=CC1.[Cl-].[Cl-]. The number of hydrogen-bond donors (Lipinski definition) is 1. The van der Waals surface area contributed by atoms with Gasteiger partial charge in [0.2, 0.25) is 0 Å². The van der Waals surface area contributed by atoms with Gasteiger partial charge in [0, 0.05) is 0 Å². The molecule has 0 atom stereocenters. The number of carbonyl (C=O) groups is 1. The van der Waals surface area contributed by atoms with Crippen LogP contribution in [0.25, 0.3) is 0 Å². The minimum absolute atomic E-state index is 0. The van der Waals surface area contributed by atoms with E-state index in [1.165, 1.54) is 23.1 Å². The number of halogens is 2. The van der Waals surface area contributed by atoms with Crippen molar-refractivity contribution >= 4 is 10.7 Å². The molecule has 5 heteroatoms. The average molecular weight is 324 g/mol. The monoisotopic (exact) mass is 323 g/mol. The predicted molar refractivity (Wildman–Crippen MR) is 63.7 cm³/mol. The third-order valence-electron chi connectivity index (χ3n) is 3.41. The molecule has 0 aliphatic heterocycles. The van der Waals surface area contributed by atoms with E-state index in [9.17, 15) is 4.79 Å². The minimum atomic E-state index is -1.71. The molecule has 0 heterocycles. The summed E-state index contributed by atoms with van der Waals surface area (Å²) in [5.41, 5.74) is 0. The Morgan fingerprint density at radius 2 is 1.94 bits per heavy atom. The van der Waals surface area contributed by atoms with Crippen molar-refractivity contribution in [1.29, 1.82) is 0 Å². The van der Waals surface area contributed by atoms with Crippen molar-refractivity contribution in [3.05, 3.63) is 22.1 Å². The van der Waals surface area contributed by atoms with Gasteiger partial charge in [0.05, 0.1) is 0 Å². The van der Waals surface area contributed by atoms with E-state index in [4.69, 9.17) is 0 Å². The van der Waals surface area contributed by atoms with Gasteiger partial charge >= 0.3 is 104 Å². The smallest absolute Gasteiger partial charge is 1.00 e. The zero-order chi connectivity index (χ0) is 11.4. The summed E-state index contributed by atoms with van der Waals surface area (Å²) in [6.07, 6.45) is 13.2. The Morgan fingerprint density at radius 1 is 1.28 bits per heavy atom. The van der Waals surface area contributed by atoms with Crippen molar-refractivity contribution in [2.45, 2.75) is 38.5 Å². The molecule has 0 aromatic carbocycles. The van der Waals surface area contributed by atoms with Crippen LogP contribution in [0.15, 0.2) is 22.1 Å². The van der Waals surface area contributed by atoms with Crippen molar-refractivity contribution in [2.75, 3.05) is 0 Å². The molecule has 1 amide bonds. The maximum absolute atomic E-state index is 12.0. The molecular formula is C13H19Cl2NOTi. The van der Waals surface area contributed by atoms with Gasteiger partial charge in [-0.2, -0.15) is 0 Å². The summed E-state index contributed by atoms with van der Waals surface area (Å²) in [6, 6.07) is 0. The number of amides is 1. The van der Waals surface area contributed by atoms with E-state index in [1.54, 1.807) is 0 Å². The molecule has 18 heavy (non-hydrogen) atoms. The maximum atomic E-state index is 12.0. The zero-order valence-corrected chi connectivity index (χ0v) is 13.5. The van der Waals surface area contributed by atoms with Crippen LogP contribution in [-0.2, 0) is 22.5 Å². The van der Waals surface area contributed by atoms with Crippen molar-refractivity contribution in [3.63, 3.8) is 0 Å². The summed E-state index contributed by atoms with van der Waals surface area (Å²) in [5.74, 6) is 0.547. The van der Waals surface area contributed by atoms with Crippen LogP contribution in [0.2, 0.25) is 0 Å². The number of nitrogens with one attached hydrogen (secondary N) is 1. The van der Waals surface area contributed by atoms with Gasteiger partial charge in [-0.3, -0.25) is 0 Å². The fraction of sp³-hybridized carbons (Fsp3) is 0.538. The summed E-state index contributed by atoms with van der Waals surface area (Å²) in [5, 5.41) is 0. The van der Waals surface area contributed by atoms with Crippen LogP contribution in [0.1, 0.15) is 38.5 Å². The fourth-order valence-corrected chi connectivity index (χ4v) is 4.43. The van der Waals surface area contributed by atoms with E-state index in [-0.39, 0.29) is 36.6 Å². The van der Waals surface area contributed by atoms with Crippen LogP contribution in [0.3, 0.4) is 0 Å². The van der Waals surface area contributed by atoms with Gasteiger partial charge in [-0.1, -0.05) is 0 Å². The topological polar surface area (TPSA) is 29.1 Å². The first kappa shape index (κ1) is 18.1. The second-order valence-corrected chi connectivity index (χ2v) is 7.51.